The lowest BCUT2D eigenvalue weighted by Gasteiger charge is -2.08. The zero-order chi connectivity index (χ0) is 14.4. The van der Waals surface area contributed by atoms with Gasteiger partial charge < -0.3 is 10.6 Å². The topological polar surface area (TPSA) is 84.7 Å². The number of hydrogen-bond acceptors (Lipinski definition) is 5. The molecular formula is C13H18N6O. The third kappa shape index (κ3) is 3.53. The third-order valence-corrected chi connectivity index (χ3v) is 2.80. The molecule has 2 aromatic heterocycles. The van der Waals surface area contributed by atoms with E-state index in [4.69, 9.17) is 0 Å². The van der Waals surface area contributed by atoms with Crippen LogP contribution in [0.15, 0.2) is 24.8 Å². The van der Waals surface area contributed by atoms with Crippen LogP contribution in [-0.4, -0.2) is 38.5 Å². The van der Waals surface area contributed by atoms with Crippen LogP contribution in [0.25, 0.3) is 5.82 Å². The van der Waals surface area contributed by atoms with E-state index in [2.05, 4.69) is 25.6 Å². The van der Waals surface area contributed by atoms with Crippen molar-refractivity contribution in [2.45, 2.75) is 20.3 Å². The van der Waals surface area contributed by atoms with Gasteiger partial charge in [0.15, 0.2) is 0 Å². The van der Waals surface area contributed by atoms with Crippen molar-refractivity contribution in [1.82, 2.24) is 24.8 Å². The molecule has 2 aromatic rings. The van der Waals surface area contributed by atoms with Crippen molar-refractivity contribution in [1.29, 1.82) is 0 Å². The first-order chi connectivity index (χ1) is 9.70. The fourth-order valence-electron chi connectivity index (χ4n) is 1.71. The molecule has 106 valence electrons. The smallest absolute Gasteiger partial charge is 0.219 e. The molecule has 0 spiro atoms. The van der Waals surface area contributed by atoms with Crippen LogP contribution in [0.5, 0.6) is 0 Å². The van der Waals surface area contributed by atoms with Crippen LogP contribution in [0.4, 0.5) is 5.82 Å². The average Bonchev–Trinajstić information content (AvgIpc) is 2.90. The number of carbonyl (C=O) groups is 1. The van der Waals surface area contributed by atoms with Crippen molar-refractivity contribution >= 4 is 11.7 Å². The first kappa shape index (κ1) is 14.0. The van der Waals surface area contributed by atoms with Gasteiger partial charge in [-0.25, -0.2) is 15.0 Å². The number of nitrogens with zero attached hydrogens (tertiary/aromatic N) is 4. The van der Waals surface area contributed by atoms with Gasteiger partial charge in [-0.3, -0.25) is 9.36 Å². The van der Waals surface area contributed by atoms with E-state index in [9.17, 15) is 4.79 Å². The number of carbonyl (C=O) groups excluding carboxylic acids is 1. The van der Waals surface area contributed by atoms with Gasteiger partial charge in [0.2, 0.25) is 5.91 Å². The number of amides is 1. The van der Waals surface area contributed by atoms with Crippen LogP contribution in [0.2, 0.25) is 0 Å². The predicted octanol–water partition coefficient (Wildman–Crippen LogP) is 0.909. The Balaban J connectivity index is 1.93. The number of imidazole rings is 1. The highest BCUT2D eigenvalue weighted by Gasteiger charge is 2.03. The summed E-state index contributed by atoms with van der Waals surface area (Å²) >= 11 is 0. The van der Waals surface area contributed by atoms with Crippen molar-refractivity contribution in [2.24, 2.45) is 0 Å². The zero-order valence-corrected chi connectivity index (χ0v) is 11.6. The van der Waals surface area contributed by atoms with Crippen LogP contribution < -0.4 is 10.6 Å². The van der Waals surface area contributed by atoms with Gasteiger partial charge in [-0.2, -0.15) is 0 Å². The molecule has 0 unspecified atom stereocenters. The molecule has 20 heavy (non-hydrogen) atoms. The van der Waals surface area contributed by atoms with Gasteiger partial charge >= 0.3 is 0 Å². The molecule has 7 nitrogen and oxygen atoms in total. The second-order valence-corrected chi connectivity index (χ2v) is 4.24. The summed E-state index contributed by atoms with van der Waals surface area (Å²) in [4.78, 5) is 23.6. The monoisotopic (exact) mass is 274 g/mol. The molecule has 2 rings (SSSR count). The molecule has 0 saturated carbocycles. The molecule has 2 N–H and O–H groups in total. The van der Waals surface area contributed by atoms with Crippen LogP contribution in [-0.2, 0) is 4.79 Å². The highest BCUT2D eigenvalue weighted by Crippen LogP contribution is 2.10. The van der Waals surface area contributed by atoms with Crippen LogP contribution in [0, 0.1) is 6.92 Å². The summed E-state index contributed by atoms with van der Waals surface area (Å²) in [6, 6.07) is 1.84. The maximum Gasteiger partial charge on any atom is 0.219 e. The molecule has 0 atom stereocenters. The fourth-order valence-corrected chi connectivity index (χ4v) is 1.71. The minimum absolute atomic E-state index is 0.0456. The molecule has 0 fully saturated rings. The number of anilines is 1. The Hall–Kier alpha value is -2.44. The molecule has 1 amide bonds. The van der Waals surface area contributed by atoms with E-state index in [0.717, 1.165) is 11.6 Å². The second-order valence-electron chi connectivity index (χ2n) is 4.24. The molecule has 0 aliphatic rings. The number of aryl methyl sites for hydroxylation is 1. The maximum absolute atomic E-state index is 11.1. The summed E-state index contributed by atoms with van der Waals surface area (Å²) < 4.78 is 1.88. The van der Waals surface area contributed by atoms with E-state index in [1.807, 2.05) is 30.7 Å². The standard InChI is InChI=1S/C13H18N6O/c1-3-13(20)16-5-4-15-11-8-12(18-9-17-11)19-7-6-14-10(19)2/h6-9H,3-5H2,1-2H3,(H,16,20)(H,15,17,18). The molecule has 2 heterocycles. The van der Waals surface area contributed by atoms with E-state index in [0.29, 0.717) is 25.3 Å². The lowest BCUT2D eigenvalue weighted by molar-refractivity contribution is -0.120. The van der Waals surface area contributed by atoms with Crippen molar-refractivity contribution in [2.75, 3.05) is 18.4 Å². The van der Waals surface area contributed by atoms with Gasteiger partial charge in [0, 0.05) is 38.0 Å². The first-order valence-corrected chi connectivity index (χ1v) is 6.53. The van der Waals surface area contributed by atoms with Crippen molar-refractivity contribution in [3.05, 3.63) is 30.6 Å². The van der Waals surface area contributed by atoms with Crippen molar-refractivity contribution in [3.63, 3.8) is 0 Å². The van der Waals surface area contributed by atoms with E-state index >= 15 is 0 Å². The Labute approximate surface area is 117 Å². The highest BCUT2D eigenvalue weighted by atomic mass is 16.1. The quantitative estimate of drug-likeness (QED) is 0.765. The van der Waals surface area contributed by atoms with E-state index in [1.54, 1.807) is 6.20 Å². The summed E-state index contributed by atoms with van der Waals surface area (Å²) in [6.45, 7) is 4.92. The van der Waals surface area contributed by atoms with Gasteiger partial charge in [0.05, 0.1) is 0 Å². The minimum atomic E-state index is 0.0456. The van der Waals surface area contributed by atoms with Gasteiger partial charge in [0.25, 0.3) is 0 Å². The van der Waals surface area contributed by atoms with E-state index in [-0.39, 0.29) is 5.91 Å². The molecular weight excluding hydrogens is 256 g/mol. The van der Waals surface area contributed by atoms with Gasteiger partial charge in [-0.05, 0) is 6.92 Å². The number of aromatic nitrogens is 4. The van der Waals surface area contributed by atoms with Crippen molar-refractivity contribution < 1.29 is 4.79 Å². The fraction of sp³-hybridized carbons (Fsp3) is 0.385. The average molecular weight is 274 g/mol. The highest BCUT2D eigenvalue weighted by molar-refractivity contribution is 5.75. The van der Waals surface area contributed by atoms with E-state index in [1.165, 1.54) is 6.33 Å². The summed E-state index contributed by atoms with van der Waals surface area (Å²) in [6.07, 6.45) is 5.58. The minimum Gasteiger partial charge on any atom is -0.368 e. The molecule has 0 saturated heterocycles. The van der Waals surface area contributed by atoms with Crippen LogP contribution >= 0.6 is 0 Å². The summed E-state index contributed by atoms with van der Waals surface area (Å²) in [5.41, 5.74) is 0. The SMILES string of the molecule is CCC(=O)NCCNc1cc(-n2ccnc2C)ncn1. The molecule has 0 aromatic carbocycles. The molecule has 0 aliphatic carbocycles. The van der Waals surface area contributed by atoms with Crippen molar-refractivity contribution in [3.8, 4) is 5.82 Å². The number of hydrogen-bond donors (Lipinski definition) is 2. The Morgan fingerprint density at radius 2 is 2.15 bits per heavy atom. The zero-order valence-electron chi connectivity index (χ0n) is 11.6. The molecule has 0 bridgehead atoms. The summed E-state index contributed by atoms with van der Waals surface area (Å²) in [5.74, 6) is 2.39. The second kappa shape index (κ2) is 6.65. The normalized spacial score (nSPS) is 10.3. The Morgan fingerprint density at radius 1 is 1.30 bits per heavy atom. The van der Waals surface area contributed by atoms with Crippen LogP contribution in [0.3, 0.4) is 0 Å². The summed E-state index contributed by atoms with van der Waals surface area (Å²) in [5, 5.41) is 5.94. The lowest BCUT2D eigenvalue weighted by atomic mass is 10.4. The number of rotatable bonds is 6. The Bertz CT molecular complexity index is 580. The Morgan fingerprint density at radius 3 is 2.85 bits per heavy atom. The van der Waals surface area contributed by atoms with E-state index < -0.39 is 0 Å². The van der Waals surface area contributed by atoms with Gasteiger partial charge in [-0.1, -0.05) is 6.92 Å². The number of nitrogens with one attached hydrogen (secondary N) is 2. The summed E-state index contributed by atoms with van der Waals surface area (Å²) in [7, 11) is 0. The Kier molecular flexibility index (Phi) is 4.65. The lowest BCUT2D eigenvalue weighted by Crippen LogP contribution is -2.28. The molecule has 0 radical (unpaired) electrons. The van der Waals surface area contributed by atoms with Gasteiger partial charge in [0.1, 0.15) is 23.8 Å². The largest absolute Gasteiger partial charge is 0.368 e. The maximum atomic E-state index is 11.1. The molecule has 7 heteroatoms. The molecule has 0 aliphatic heterocycles. The van der Waals surface area contributed by atoms with Gasteiger partial charge in [-0.15, -0.1) is 0 Å². The first-order valence-electron chi connectivity index (χ1n) is 6.53. The predicted molar refractivity (Wildman–Crippen MR) is 75.7 cm³/mol. The third-order valence-electron chi connectivity index (χ3n) is 2.80. The van der Waals surface area contributed by atoms with Crippen LogP contribution in [0.1, 0.15) is 19.2 Å².